The first-order chi connectivity index (χ1) is 24.8. The van der Waals surface area contributed by atoms with Crippen molar-refractivity contribution in [2.24, 2.45) is 0 Å². The maximum absolute atomic E-state index is 4.46. The molecule has 0 fully saturated rings. The Balaban J connectivity index is 1.41. The van der Waals surface area contributed by atoms with Crippen LogP contribution in [0.1, 0.15) is 0 Å². The zero-order valence-corrected chi connectivity index (χ0v) is 26.9. The molecule has 2 nitrogen and oxygen atoms in total. The molecular formula is C48H26N2. The van der Waals surface area contributed by atoms with E-state index in [1.54, 1.807) is 0 Å². The first-order valence-corrected chi connectivity index (χ1v) is 17.2. The second kappa shape index (κ2) is 9.49. The van der Waals surface area contributed by atoms with Gasteiger partial charge in [-0.05, 0) is 168 Å². The van der Waals surface area contributed by atoms with Gasteiger partial charge in [-0.15, -0.1) is 0 Å². The minimum atomic E-state index is 1.18. The molecule has 12 aromatic rings. The van der Waals surface area contributed by atoms with Crippen molar-refractivity contribution in [2.75, 3.05) is 0 Å². The third-order valence-electron chi connectivity index (χ3n) is 11.3. The van der Waals surface area contributed by atoms with Gasteiger partial charge in [0.2, 0.25) is 0 Å². The molecule has 0 atom stereocenters. The lowest BCUT2D eigenvalue weighted by atomic mass is 9.86. The van der Waals surface area contributed by atoms with Gasteiger partial charge in [-0.2, -0.15) is 0 Å². The van der Waals surface area contributed by atoms with E-state index in [0.29, 0.717) is 0 Å². The number of fused-ring (bicyclic) bond motifs is 11. The smallest absolute Gasteiger partial charge is 0.0273 e. The molecule has 0 saturated carbocycles. The highest BCUT2D eigenvalue weighted by Gasteiger charge is 2.25. The molecule has 0 aliphatic carbocycles. The maximum Gasteiger partial charge on any atom is 0.0273 e. The van der Waals surface area contributed by atoms with Crippen molar-refractivity contribution in [1.82, 2.24) is 9.97 Å². The molecule has 50 heavy (non-hydrogen) atoms. The predicted octanol–water partition coefficient (Wildman–Crippen LogP) is 13.1. The summed E-state index contributed by atoms with van der Waals surface area (Å²) in [6, 6.07) is 49.8. The minimum Gasteiger partial charge on any atom is -0.265 e. The van der Waals surface area contributed by atoms with Gasteiger partial charge in [0, 0.05) is 24.8 Å². The molecule has 0 radical (unpaired) electrons. The molecule has 12 rings (SSSR count). The molecule has 0 aliphatic rings. The number of nitrogens with zero attached hydrogens (tertiary/aromatic N) is 2. The van der Waals surface area contributed by atoms with Crippen molar-refractivity contribution in [3.05, 3.63) is 158 Å². The molecule has 2 heterocycles. The van der Waals surface area contributed by atoms with E-state index in [1.165, 1.54) is 119 Å². The van der Waals surface area contributed by atoms with Gasteiger partial charge in [-0.1, -0.05) is 84.9 Å². The largest absolute Gasteiger partial charge is 0.265 e. The maximum atomic E-state index is 4.46. The first-order valence-electron chi connectivity index (χ1n) is 17.2. The standard InChI is InChI=1S/C48H26N2/c1-3-9-31-29(7-1)23-39-38-26-41-40(25-37(38)35-13-5-11-33(31)45(35)39)44(28-17-21-50-22-18-28)48-42-24-30-8-2-4-10-32(30)34-12-6-14-36(46(34)42)47(48)43(41)27-15-19-49-20-16-27/h1-26H. The zero-order valence-electron chi connectivity index (χ0n) is 26.9. The van der Waals surface area contributed by atoms with Gasteiger partial charge in [-0.25, -0.2) is 0 Å². The van der Waals surface area contributed by atoms with Crippen LogP contribution in [0.15, 0.2) is 158 Å². The van der Waals surface area contributed by atoms with Gasteiger partial charge in [0.1, 0.15) is 0 Å². The van der Waals surface area contributed by atoms with Crippen molar-refractivity contribution in [3.8, 4) is 22.3 Å². The molecule has 10 aromatic carbocycles. The van der Waals surface area contributed by atoms with E-state index in [9.17, 15) is 0 Å². The lowest BCUT2D eigenvalue weighted by Gasteiger charge is -2.17. The zero-order chi connectivity index (χ0) is 32.5. The van der Waals surface area contributed by atoms with Crippen molar-refractivity contribution >= 4 is 97.0 Å². The third kappa shape index (κ3) is 3.28. The van der Waals surface area contributed by atoms with E-state index in [1.807, 2.05) is 24.8 Å². The summed E-state index contributed by atoms with van der Waals surface area (Å²) in [6.07, 6.45) is 7.71. The molecule has 228 valence electrons. The summed E-state index contributed by atoms with van der Waals surface area (Å²) in [5.41, 5.74) is 4.88. The third-order valence-corrected chi connectivity index (χ3v) is 11.3. The molecule has 0 spiro atoms. The topological polar surface area (TPSA) is 25.8 Å². The van der Waals surface area contributed by atoms with Crippen LogP contribution in [0, 0.1) is 0 Å². The van der Waals surface area contributed by atoms with Crippen LogP contribution in [0.25, 0.3) is 119 Å². The Labute approximate surface area is 286 Å². The van der Waals surface area contributed by atoms with Gasteiger partial charge < -0.3 is 0 Å². The Morgan fingerprint density at radius 3 is 1.26 bits per heavy atom. The Bertz CT molecular complexity index is 3350. The van der Waals surface area contributed by atoms with Crippen LogP contribution >= 0.6 is 0 Å². The molecule has 0 N–H and O–H groups in total. The first kappa shape index (κ1) is 26.3. The Morgan fingerprint density at radius 2 is 0.680 bits per heavy atom. The van der Waals surface area contributed by atoms with E-state index in [-0.39, 0.29) is 0 Å². The van der Waals surface area contributed by atoms with E-state index in [2.05, 4.69) is 143 Å². The number of rotatable bonds is 2. The van der Waals surface area contributed by atoms with Crippen LogP contribution in [-0.2, 0) is 0 Å². The van der Waals surface area contributed by atoms with Crippen LogP contribution in [0.5, 0.6) is 0 Å². The fraction of sp³-hybridized carbons (Fsp3) is 0. The van der Waals surface area contributed by atoms with Crippen molar-refractivity contribution in [2.45, 2.75) is 0 Å². The van der Waals surface area contributed by atoms with Crippen molar-refractivity contribution in [3.63, 3.8) is 0 Å². The Morgan fingerprint density at radius 1 is 0.260 bits per heavy atom. The predicted molar refractivity (Wildman–Crippen MR) is 213 cm³/mol. The fourth-order valence-electron chi connectivity index (χ4n) is 9.32. The van der Waals surface area contributed by atoms with Crippen LogP contribution < -0.4 is 0 Å². The lowest BCUT2D eigenvalue weighted by molar-refractivity contribution is 1.33. The normalized spacial score (nSPS) is 12.4. The SMILES string of the molecule is c1ccc2c(c1)cc1c3cc4c(-c5ccncc5)c5c6cccc7c8ccccc8cc(c5c(-c5ccncc5)c4cc3c3cccc2c31)c76. The van der Waals surface area contributed by atoms with Gasteiger partial charge in [0.15, 0.2) is 0 Å². The molecular weight excluding hydrogens is 605 g/mol. The quantitative estimate of drug-likeness (QED) is 0.178. The number of hydrogen-bond donors (Lipinski definition) is 0. The summed E-state index contributed by atoms with van der Waals surface area (Å²) in [5.74, 6) is 0. The summed E-state index contributed by atoms with van der Waals surface area (Å²) < 4.78 is 0. The van der Waals surface area contributed by atoms with E-state index in [4.69, 9.17) is 0 Å². The average molecular weight is 631 g/mol. The summed E-state index contributed by atoms with van der Waals surface area (Å²) in [4.78, 5) is 8.92. The molecule has 2 heteroatoms. The van der Waals surface area contributed by atoms with E-state index >= 15 is 0 Å². The minimum absolute atomic E-state index is 1.18. The van der Waals surface area contributed by atoms with E-state index < -0.39 is 0 Å². The lowest BCUT2D eigenvalue weighted by Crippen LogP contribution is -1.90. The highest BCUT2D eigenvalue weighted by Crippen LogP contribution is 2.54. The fourth-order valence-corrected chi connectivity index (χ4v) is 9.32. The number of pyridine rings is 2. The summed E-state index contributed by atoms with van der Waals surface area (Å²) in [6.45, 7) is 0. The van der Waals surface area contributed by atoms with Gasteiger partial charge in [-0.3, -0.25) is 9.97 Å². The number of hydrogen-bond acceptors (Lipinski definition) is 2. The van der Waals surface area contributed by atoms with E-state index in [0.717, 1.165) is 0 Å². The number of aromatic nitrogens is 2. The molecule has 0 aliphatic heterocycles. The monoisotopic (exact) mass is 630 g/mol. The summed E-state index contributed by atoms with van der Waals surface area (Å²) in [5, 5.41) is 23.3. The second-order valence-corrected chi connectivity index (χ2v) is 13.7. The van der Waals surface area contributed by atoms with Crippen molar-refractivity contribution < 1.29 is 0 Å². The van der Waals surface area contributed by atoms with Crippen molar-refractivity contribution in [1.29, 1.82) is 0 Å². The van der Waals surface area contributed by atoms with Crippen LogP contribution in [0.3, 0.4) is 0 Å². The molecule has 2 aromatic heterocycles. The van der Waals surface area contributed by atoms with Crippen LogP contribution in [0.4, 0.5) is 0 Å². The molecule has 0 unspecified atom stereocenters. The van der Waals surface area contributed by atoms with Gasteiger partial charge in [0.25, 0.3) is 0 Å². The summed E-state index contributed by atoms with van der Waals surface area (Å²) >= 11 is 0. The van der Waals surface area contributed by atoms with Crippen LogP contribution in [0.2, 0.25) is 0 Å². The highest BCUT2D eigenvalue weighted by molar-refractivity contribution is 6.44. The Kier molecular flexibility index (Phi) is 5.00. The average Bonchev–Trinajstić information content (AvgIpc) is 3.67. The summed E-state index contributed by atoms with van der Waals surface area (Å²) in [7, 11) is 0. The second-order valence-electron chi connectivity index (χ2n) is 13.7. The van der Waals surface area contributed by atoms with Crippen LogP contribution in [-0.4, -0.2) is 9.97 Å². The molecule has 0 saturated heterocycles. The highest BCUT2D eigenvalue weighted by atomic mass is 14.6. The van der Waals surface area contributed by atoms with Gasteiger partial charge >= 0.3 is 0 Å². The van der Waals surface area contributed by atoms with Gasteiger partial charge in [0.05, 0.1) is 0 Å². The Hall–Kier alpha value is -6.64. The number of benzene rings is 8. The molecule has 0 amide bonds. The molecule has 0 bridgehead atoms.